The van der Waals surface area contributed by atoms with Crippen LogP contribution in [0, 0.1) is 6.92 Å². The topological polar surface area (TPSA) is 39.9 Å². The van der Waals surface area contributed by atoms with Crippen molar-refractivity contribution >= 4 is 0 Å². The van der Waals surface area contributed by atoms with Crippen LogP contribution < -0.4 is 4.74 Å². The van der Waals surface area contributed by atoms with Crippen LogP contribution in [0.15, 0.2) is 30.7 Å². The Labute approximate surface area is 88.6 Å². The standard InChI is InChI=1S/C11H13N3O/c1-9-6-13-11(14(9)2)8-15-10-4-3-5-12-7-10/h3-7H,8H2,1-2H3. The molecule has 2 aromatic heterocycles. The summed E-state index contributed by atoms with van der Waals surface area (Å²) in [5, 5.41) is 0. The number of nitrogens with zero attached hydrogens (tertiary/aromatic N) is 3. The first-order valence-corrected chi connectivity index (χ1v) is 4.77. The predicted molar refractivity (Wildman–Crippen MR) is 56.5 cm³/mol. The lowest BCUT2D eigenvalue weighted by Gasteiger charge is -2.05. The number of hydrogen-bond donors (Lipinski definition) is 0. The van der Waals surface area contributed by atoms with Gasteiger partial charge >= 0.3 is 0 Å². The number of aryl methyl sites for hydroxylation is 1. The fourth-order valence-electron chi connectivity index (χ4n) is 1.26. The lowest BCUT2D eigenvalue weighted by Crippen LogP contribution is -2.04. The summed E-state index contributed by atoms with van der Waals surface area (Å²) in [6.45, 7) is 2.48. The molecule has 4 nitrogen and oxygen atoms in total. The number of hydrogen-bond acceptors (Lipinski definition) is 3. The summed E-state index contributed by atoms with van der Waals surface area (Å²) >= 11 is 0. The van der Waals surface area contributed by atoms with Gasteiger partial charge in [-0.05, 0) is 19.1 Å². The van der Waals surface area contributed by atoms with Crippen LogP contribution in [-0.2, 0) is 13.7 Å². The minimum atomic E-state index is 0.468. The van der Waals surface area contributed by atoms with E-state index in [-0.39, 0.29) is 0 Å². The van der Waals surface area contributed by atoms with Crippen molar-refractivity contribution in [2.24, 2.45) is 7.05 Å². The van der Waals surface area contributed by atoms with Crippen molar-refractivity contribution in [1.29, 1.82) is 0 Å². The maximum atomic E-state index is 5.54. The minimum absolute atomic E-state index is 0.468. The zero-order valence-corrected chi connectivity index (χ0v) is 8.84. The van der Waals surface area contributed by atoms with Crippen LogP contribution in [0.25, 0.3) is 0 Å². The second-order valence-corrected chi connectivity index (χ2v) is 3.35. The fourth-order valence-corrected chi connectivity index (χ4v) is 1.26. The van der Waals surface area contributed by atoms with E-state index in [4.69, 9.17) is 4.74 Å². The zero-order valence-electron chi connectivity index (χ0n) is 8.84. The van der Waals surface area contributed by atoms with Crippen molar-refractivity contribution in [2.45, 2.75) is 13.5 Å². The van der Waals surface area contributed by atoms with E-state index in [1.54, 1.807) is 12.4 Å². The molecule has 0 unspecified atom stereocenters. The minimum Gasteiger partial charge on any atom is -0.484 e. The van der Waals surface area contributed by atoms with Gasteiger partial charge in [-0.2, -0.15) is 0 Å². The van der Waals surface area contributed by atoms with Crippen LogP contribution >= 0.6 is 0 Å². The fraction of sp³-hybridized carbons (Fsp3) is 0.273. The normalized spacial score (nSPS) is 10.3. The Balaban J connectivity index is 2.02. The Morgan fingerprint density at radius 3 is 2.87 bits per heavy atom. The molecule has 0 aliphatic heterocycles. The Morgan fingerprint density at radius 2 is 2.27 bits per heavy atom. The average Bonchev–Trinajstić information content (AvgIpc) is 2.59. The molecule has 15 heavy (non-hydrogen) atoms. The van der Waals surface area contributed by atoms with Crippen molar-refractivity contribution in [3.8, 4) is 5.75 Å². The summed E-state index contributed by atoms with van der Waals surface area (Å²) in [7, 11) is 1.98. The molecule has 0 amide bonds. The first-order valence-electron chi connectivity index (χ1n) is 4.77. The Morgan fingerprint density at radius 1 is 1.40 bits per heavy atom. The molecule has 0 radical (unpaired) electrons. The number of imidazole rings is 1. The SMILES string of the molecule is Cc1cnc(COc2cccnc2)n1C. The van der Waals surface area contributed by atoms with Crippen LogP contribution in [0.4, 0.5) is 0 Å². The molecular weight excluding hydrogens is 190 g/mol. The van der Waals surface area contributed by atoms with Crippen molar-refractivity contribution in [1.82, 2.24) is 14.5 Å². The summed E-state index contributed by atoms with van der Waals surface area (Å²) in [5.74, 6) is 1.68. The molecule has 0 aliphatic rings. The third-order valence-corrected chi connectivity index (χ3v) is 2.32. The van der Waals surface area contributed by atoms with Crippen molar-refractivity contribution in [3.63, 3.8) is 0 Å². The first kappa shape index (κ1) is 9.71. The largest absolute Gasteiger partial charge is 0.484 e. The highest BCUT2D eigenvalue weighted by molar-refractivity contribution is 5.15. The smallest absolute Gasteiger partial charge is 0.146 e. The molecule has 0 spiro atoms. The quantitative estimate of drug-likeness (QED) is 0.762. The molecule has 0 bridgehead atoms. The lowest BCUT2D eigenvalue weighted by molar-refractivity contribution is 0.290. The van der Waals surface area contributed by atoms with Gasteiger partial charge in [0.2, 0.25) is 0 Å². The molecule has 0 N–H and O–H groups in total. The third-order valence-electron chi connectivity index (χ3n) is 2.32. The second-order valence-electron chi connectivity index (χ2n) is 3.35. The highest BCUT2D eigenvalue weighted by Crippen LogP contribution is 2.09. The number of ether oxygens (including phenoxy) is 1. The van der Waals surface area contributed by atoms with Gasteiger partial charge in [0, 0.05) is 25.1 Å². The van der Waals surface area contributed by atoms with E-state index < -0.39 is 0 Å². The first-order chi connectivity index (χ1) is 7.27. The van der Waals surface area contributed by atoms with Gasteiger partial charge in [-0.1, -0.05) is 0 Å². The summed E-state index contributed by atoms with van der Waals surface area (Å²) in [4.78, 5) is 8.22. The molecule has 78 valence electrons. The van der Waals surface area contributed by atoms with E-state index in [0.29, 0.717) is 6.61 Å². The summed E-state index contributed by atoms with van der Waals surface area (Å²) in [5.41, 5.74) is 1.12. The van der Waals surface area contributed by atoms with Gasteiger partial charge in [-0.25, -0.2) is 4.98 Å². The van der Waals surface area contributed by atoms with Crippen LogP contribution in [0.5, 0.6) is 5.75 Å². The summed E-state index contributed by atoms with van der Waals surface area (Å²) < 4.78 is 7.55. The van der Waals surface area contributed by atoms with Gasteiger partial charge in [0.1, 0.15) is 18.2 Å². The Hall–Kier alpha value is -1.84. The van der Waals surface area contributed by atoms with Crippen molar-refractivity contribution in [2.75, 3.05) is 0 Å². The molecule has 2 heterocycles. The number of pyridine rings is 1. The van der Waals surface area contributed by atoms with Crippen LogP contribution in [0.2, 0.25) is 0 Å². The van der Waals surface area contributed by atoms with Gasteiger partial charge in [-0.3, -0.25) is 4.98 Å². The average molecular weight is 203 g/mol. The highest BCUT2D eigenvalue weighted by atomic mass is 16.5. The number of aromatic nitrogens is 3. The summed E-state index contributed by atoms with van der Waals surface area (Å²) in [6.07, 6.45) is 5.25. The Bertz CT molecular complexity index is 436. The Kier molecular flexibility index (Phi) is 2.67. The van der Waals surface area contributed by atoms with E-state index in [1.807, 2.05) is 36.9 Å². The van der Waals surface area contributed by atoms with Gasteiger partial charge in [-0.15, -0.1) is 0 Å². The number of rotatable bonds is 3. The van der Waals surface area contributed by atoms with Crippen LogP contribution in [0.1, 0.15) is 11.5 Å². The maximum Gasteiger partial charge on any atom is 0.146 e. The summed E-state index contributed by atoms with van der Waals surface area (Å²) in [6, 6.07) is 3.72. The van der Waals surface area contributed by atoms with Crippen LogP contribution in [-0.4, -0.2) is 14.5 Å². The van der Waals surface area contributed by atoms with E-state index in [9.17, 15) is 0 Å². The molecule has 0 fully saturated rings. The van der Waals surface area contributed by atoms with Crippen molar-refractivity contribution < 1.29 is 4.74 Å². The molecule has 0 saturated carbocycles. The lowest BCUT2D eigenvalue weighted by atomic mass is 10.5. The predicted octanol–water partition coefficient (Wildman–Crippen LogP) is 1.70. The second kappa shape index (κ2) is 4.13. The monoisotopic (exact) mass is 203 g/mol. The molecule has 0 saturated heterocycles. The van der Waals surface area contributed by atoms with Crippen LogP contribution in [0.3, 0.4) is 0 Å². The molecule has 0 aliphatic carbocycles. The molecule has 4 heteroatoms. The van der Waals surface area contributed by atoms with Gasteiger partial charge in [0.25, 0.3) is 0 Å². The van der Waals surface area contributed by atoms with Gasteiger partial charge < -0.3 is 9.30 Å². The van der Waals surface area contributed by atoms with E-state index in [0.717, 1.165) is 17.3 Å². The molecule has 0 aromatic carbocycles. The van der Waals surface area contributed by atoms with Gasteiger partial charge in [0.05, 0.1) is 6.20 Å². The molecular formula is C11H13N3O. The van der Waals surface area contributed by atoms with Crippen molar-refractivity contribution in [3.05, 3.63) is 42.2 Å². The maximum absolute atomic E-state index is 5.54. The van der Waals surface area contributed by atoms with E-state index in [1.165, 1.54) is 0 Å². The highest BCUT2D eigenvalue weighted by Gasteiger charge is 2.03. The van der Waals surface area contributed by atoms with Gasteiger partial charge in [0.15, 0.2) is 0 Å². The molecule has 2 rings (SSSR count). The van der Waals surface area contributed by atoms with E-state index >= 15 is 0 Å². The third kappa shape index (κ3) is 2.15. The molecule has 0 atom stereocenters. The molecule has 2 aromatic rings. The van der Waals surface area contributed by atoms with E-state index in [2.05, 4.69) is 9.97 Å². The zero-order chi connectivity index (χ0) is 10.7.